The quantitative estimate of drug-likeness (QED) is 0.865. The summed E-state index contributed by atoms with van der Waals surface area (Å²) >= 11 is 0. The van der Waals surface area contributed by atoms with Crippen molar-refractivity contribution in [1.82, 2.24) is 24.9 Å². The van der Waals surface area contributed by atoms with E-state index in [4.69, 9.17) is 0 Å². The molecule has 0 aliphatic carbocycles. The summed E-state index contributed by atoms with van der Waals surface area (Å²) in [6, 6.07) is 2.25. The van der Waals surface area contributed by atoms with Gasteiger partial charge in [0, 0.05) is 31.0 Å². The third-order valence-corrected chi connectivity index (χ3v) is 3.53. The molecule has 0 amide bonds. The number of hydrogen-bond acceptors (Lipinski definition) is 3. The van der Waals surface area contributed by atoms with Gasteiger partial charge >= 0.3 is 0 Å². The van der Waals surface area contributed by atoms with E-state index >= 15 is 0 Å². The zero-order valence-electron chi connectivity index (χ0n) is 12.2. The second-order valence-corrected chi connectivity index (χ2v) is 4.77. The fourth-order valence-corrected chi connectivity index (χ4v) is 2.31. The van der Waals surface area contributed by atoms with Crippen LogP contribution in [0.3, 0.4) is 0 Å². The van der Waals surface area contributed by atoms with Gasteiger partial charge < -0.3 is 5.32 Å². The number of aromatic nitrogens is 4. The molecule has 0 aliphatic heterocycles. The lowest BCUT2D eigenvalue weighted by molar-refractivity contribution is 0.527. The first-order chi connectivity index (χ1) is 9.19. The highest BCUT2D eigenvalue weighted by atomic mass is 15.3. The van der Waals surface area contributed by atoms with Crippen LogP contribution in [0.4, 0.5) is 0 Å². The van der Waals surface area contributed by atoms with Crippen molar-refractivity contribution in [2.75, 3.05) is 6.54 Å². The van der Waals surface area contributed by atoms with E-state index in [-0.39, 0.29) is 6.04 Å². The van der Waals surface area contributed by atoms with Crippen LogP contribution in [0, 0.1) is 6.92 Å². The molecule has 0 fully saturated rings. The van der Waals surface area contributed by atoms with Gasteiger partial charge in [0.1, 0.15) is 0 Å². The Morgan fingerprint density at radius 3 is 2.68 bits per heavy atom. The van der Waals surface area contributed by atoms with Crippen LogP contribution in [-0.4, -0.2) is 26.1 Å². The van der Waals surface area contributed by atoms with Crippen LogP contribution in [0.25, 0.3) is 0 Å². The summed E-state index contributed by atoms with van der Waals surface area (Å²) in [6.07, 6.45) is 4.93. The molecular formula is C14H23N5. The molecule has 104 valence electrons. The van der Waals surface area contributed by atoms with Crippen molar-refractivity contribution in [2.24, 2.45) is 7.05 Å². The summed E-state index contributed by atoms with van der Waals surface area (Å²) in [4.78, 5) is 0. The van der Waals surface area contributed by atoms with Crippen molar-refractivity contribution in [3.05, 3.63) is 35.4 Å². The Kier molecular flexibility index (Phi) is 4.37. The van der Waals surface area contributed by atoms with Crippen LogP contribution in [0.1, 0.15) is 43.3 Å². The molecule has 0 saturated carbocycles. The molecule has 0 spiro atoms. The summed E-state index contributed by atoms with van der Waals surface area (Å²) in [6.45, 7) is 8.26. The van der Waals surface area contributed by atoms with Gasteiger partial charge in [-0.1, -0.05) is 6.92 Å². The molecular weight excluding hydrogens is 238 g/mol. The zero-order valence-corrected chi connectivity index (χ0v) is 12.2. The van der Waals surface area contributed by atoms with Gasteiger partial charge in [-0.3, -0.25) is 9.36 Å². The van der Waals surface area contributed by atoms with Gasteiger partial charge in [0.15, 0.2) is 0 Å². The molecule has 5 nitrogen and oxygen atoms in total. The smallest absolute Gasteiger partial charge is 0.0781 e. The molecule has 2 aromatic rings. The maximum absolute atomic E-state index is 4.38. The highest BCUT2D eigenvalue weighted by molar-refractivity contribution is 5.29. The Morgan fingerprint density at radius 1 is 1.32 bits per heavy atom. The second kappa shape index (κ2) is 6.02. The summed E-state index contributed by atoms with van der Waals surface area (Å²) in [5, 5.41) is 12.3. The standard InChI is InChI=1S/C14H23N5/c1-5-8-15-14(12-10-17-18(4)11(12)3)13-7-9-16-19(13)6-2/h7,9-10,14-15H,5-6,8H2,1-4H3. The maximum atomic E-state index is 4.38. The molecule has 0 aliphatic rings. The number of nitrogens with one attached hydrogen (secondary N) is 1. The van der Waals surface area contributed by atoms with Crippen molar-refractivity contribution in [3.8, 4) is 0 Å². The van der Waals surface area contributed by atoms with Crippen LogP contribution in [-0.2, 0) is 13.6 Å². The van der Waals surface area contributed by atoms with E-state index in [0.29, 0.717) is 0 Å². The van der Waals surface area contributed by atoms with Crippen molar-refractivity contribution in [1.29, 1.82) is 0 Å². The molecule has 1 N–H and O–H groups in total. The molecule has 0 aromatic carbocycles. The van der Waals surface area contributed by atoms with Crippen LogP contribution in [0.15, 0.2) is 18.5 Å². The Labute approximate surface area is 114 Å². The molecule has 19 heavy (non-hydrogen) atoms. The fourth-order valence-electron chi connectivity index (χ4n) is 2.31. The summed E-state index contributed by atoms with van der Waals surface area (Å²) in [7, 11) is 1.98. The first kappa shape index (κ1) is 13.8. The molecule has 2 rings (SSSR count). The van der Waals surface area contributed by atoms with Crippen LogP contribution in [0.2, 0.25) is 0 Å². The largest absolute Gasteiger partial charge is 0.305 e. The molecule has 1 atom stereocenters. The zero-order chi connectivity index (χ0) is 13.8. The second-order valence-electron chi connectivity index (χ2n) is 4.77. The molecule has 0 radical (unpaired) electrons. The number of hydrogen-bond donors (Lipinski definition) is 1. The molecule has 0 saturated heterocycles. The lowest BCUT2D eigenvalue weighted by Crippen LogP contribution is -2.26. The van der Waals surface area contributed by atoms with Gasteiger partial charge in [0.05, 0.1) is 17.9 Å². The predicted molar refractivity (Wildman–Crippen MR) is 76.0 cm³/mol. The molecule has 2 heterocycles. The first-order valence-electron chi connectivity index (χ1n) is 6.92. The van der Waals surface area contributed by atoms with Gasteiger partial charge in [-0.15, -0.1) is 0 Å². The first-order valence-corrected chi connectivity index (χ1v) is 6.92. The van der Waals surface area contributed by atoms with E-state index in [1.54, 1.807) is 0 Å². The van der Waals surface area contributed by atoms with E-state index in [1.165, 1.54) is 17.0 Å². The molecule has 2 aromatic heterocycles. The monoisotopic (exact) mass is 261 g/mol. The van der Waals surface area contributed by atoms with E-state index < -0.39 is 0 Å². The highest BCUT2D eigenvalue weighted by Gasteiger charge is 2.21. The number of nitrogens with zero attached hydrogens (tertiary/aromatic N) is 4. The summed E-state index contributed by atoms with van der Waals surface area (Å²) < 4.78 is 3.96. The van der Waals surface area contributed by atoms with Crippen LogP contribution < -0.4 is 5.32 Å². The third kappa shape index (κ3) is 2.71. The number of rotatable bonds is 6. The lowest BCUT2D eigenvalue weighted by Gasteiger charge is -2.19. The van der Waals surface area contributed by atoms with E-state index in [0.717, 1.165) is 19.5 Å². The normalized spacial score (nSPS) is 12.8. The van der Waals surface area contributed by atoms with E-state index in [2.05, 4.69) is 42.4 Å². The Morgan fingerprint density at radius 2 is 2.11 bits per heavy atom. The van der Waals surface area contributed by atoms with Gasteiger partial charge in [-0.2, -0.15) is 10.2 Å². The lowest BCUT2D eigenvalue weighted by atomic mass is 10.0. The van der Waals surface area contributed by atoms with Gasteiger partial charge in [-0.05, 0) is 32.9 Å². The minimum Gasteiger partial charge on any atom is -0.305 e. The summed E-state index contributed by atoms with van der Waals surface area (Å²) in [5.74, 6) is 0. The predicted octanol–water partition coefficient (Wildman–Crippen LogP) is 2.03. The minimum absolute atomic E-state index is 0.163. The van der Waals surface area contributed by atoms with Gasteiger partial charge in [0.25, 0.3) is 0 Å². The number of aryl methyl sites for hydroxylation is 2. The average molecular weight is 261 g/mol. The van der Waals surface area contributed by atoms with Gasteiger partial charge in [0.2, 0.25) is 0 Å². The SMILES string of the molecule is CCCNC(c1cnn(C)c1C)c1ccnn1CC. The van der Waals surface area contributed by atoms with Gasteiger partial charge in [-0.25, -0.2) is 0 Å². The highest BCUT2D eigenvalue weighted by Crippen LogP contribution is 2.24. The maximum Gasteiger partial charge on any atom is 0.0781 e. The molecule has 1 unspecified atom stereocenters. The fraction of sp³-hybridized carbons (Fsp3) is 0.571. The molecule has 5 heteroatoms. The van der Waals surface area contributed by atoms with Crippen molar-refractivity contribution < 1.29 is 0 Å². The third-order valence-electron chi connectivity index (χ3n) is 3.53. The van der Waals surface area contributed by atoms with Crippen molar-refractivity contribution >= 4 is 0 Å². The van der Waals surface area contributed by atoms with Crippen LogP contribution in [0.5, 0.6) is 0 Å². The van der Waals surface area contributed by atoms with E-state index in [1.807, 2.05) is 28.8 Å². The summed E-state index contributed by atoms with van der Waals surface area (Å²) in [5.41, 5.74) is 3.62. The van der Waals surface area contributed by atoms with E-state index in [9.17, 15) is 0 Å². The Bertz CT molecular complexity index is 526. The Hall–Kier alpha value is -1.62. The van der Waals surface area contributed by atoms with Crippen LogP contribution >= 0.6 is 0 Å². The molecule has 0 bridgehead atoms. The Balaban J connectivity index is 2.38. The average Bonchev–Trinajstić information content (AvgIpc) is 3.00. The van der Waals surface area contributed by atoms with Crippen molar-refractivity contribution in [2.45, 2.75) is 39.8 Å². The minimum atomic E-state index is 0.163. The van der Waals surface area contributed by atoms with Crippen molar-refractivity contribution in [3.63, 3.8) is 0 Å². The topological polar surface area (TPSA) is 47.7 Å².